The quantitative estimate of drug-likeness (QED) is 0.530. The third kappa shape index (κ3) is 9.74. The minimum atomic E-state index is -1.61. The highest BCUT2D eigenvalue weighted by molar-refractivity contribution is 6.71. The lowest BCUT2D eigenvalue weighted by Gasteiger charge is -2.32. The third-order valence-electron chi connectivity index (χ3n) is 1.88. The van der Waals surface area contributed by atoms with E-state index in [0.717, 1.165) is 0 Å². The van der Waals surface area contributed by atoms with E-state index in [4.69, 9.17) is 8.85 Å². The van der Waals surface area contributed by atoms with E-state index in [1.165, 1.54) is 0 Å². The average Bonchev–Trinajstić information content (AvgIpc) is 1.97. The van der Waals surface area contributed by atoms with Gasteiger partial charge in [0.1, 0.15) is 15.4 Å². The Balaban J connectivity index is 4.39. The molecule has 0 aliphatic heterocycles. The van der Waals surface area contributed by atoms with E-state index < -0.39 is 31.9 Å². The van der Waals surface area contributed by atoms with Crippen molar-refractivity contribution in [3.63, 3.8) is 0 Å². The molecule has 1 radical (unpaired) electrons. The molecule has 0 N–H and O–H groups in total. The normalized spacial score (nSPS) is 16.3. The van der Waals surface area contributed by atoms with E-state index in [1.807, 2.05) is 6.92 Å². The third-order valence-corrected chi connectivity index (χ3v) is 6.31. The smallest absolute Gasteiger partial charge is 0.186 e. The van der Waals surface area contributed by atoms with Crippen molar-refractivity contribution in [1.29, 1.82) is 0 Å². The molecule has 0 rings (SSSR count). The van der Waals surface area contributed by atoms with Crippen LogP contribution in [-0.4, -0.2) is 37.8 Å². The van der Waals surface area contributed by atoms with Crippen molar-refractivity contribution in [2.75, 3.05) is 0 Å². The Kier molecular flexibility index (Phi) is 6.67. The summed E-state index contributed by atoms with van der Waals surface area (Å²) in [6.07, 6.45) is 0.701. The van der Waals surface area contributed by atoms with Crippen LogP contribution in [0.1, 0.15) is 13.3 Å². The Morgan fingerprint density at radius 3 is 1.62 bits per heavy atom. The fraction of sp³-hybridized carbons (Fsp3) is 1.00. The lowest BCUT2D eigenvalue weighted by molar-refractivity contribution is 0.0487. The monoisotopic (exact) mass is 279 g/mol. The summed E-state index contributed by atoms with van der Waals surface area (Å²) < 4.78 is 12.0. The maximum Gasteiger partial charge on any atom is 0.186 e. The van der Waals surface area contributed by atoms with E-state index in [-0.39, 0.29) is 5.91 Å². The largest absolute Gasteiger partial charge is 0.397 e. The van der Waals surface area contributed by atoms with Gasteiger partial charge in [-0.1, -0.05) is 6.92 Å². The first kappa shape index (κ1) is 16.5. The molecule has 0 aliphatic rings. The van der Waals surface area contributed by atoms with Gasteiger partial charge in [-0.3, -0.25) is 0 Å². The molecule has 1 unspecified atom stereocenters. The van der Waals surface area contributed by atoms with Crippen LogP contribution in [0.15, 0.2) is 0 Å². The number of hydrogen-bond acceptors (Lipinski definition) is 2. The highest BCUT2D eigenvalue weighted by atomic mass is 28.4. The fourth-order valence-corrected chi connectivity index (χ4v) is 7.59. The summed E-state index contributed by atoms with van der Waals surface area (Å²) >= 11 is 0. The Bertz CT molecular complexity index is 182. The molecule has 16 heavy (non-hydrogen) atoms. The van der Waals surface area contributed by atoms with Crippen LogP contribution in [0.2, 0.25) is 39.3 Å². The van der Waals surface area contributed by atoms with Gasteiger partial charge in [0.2, 0.25) is 0 Å². The Labute approximate surface area is 105 Å². The molecule has 0 bridgehead atoms. The van der Waals surface area contributed by atoms with Crippen molar-refractivity contribution in [3.8, 4) is 0 Å². The zero-order valence-corrected chi connectivity index (χ0v) is 15.2. The predicted octanol–water partition coefficient (Wildman–Crippen LogP) is 2.31. The van der Waals surface area contributed by atoms with Gasteiger partial charge in [-0.2, -0.15) is 0 Å². The van der Waals surface area contributed by atoms with Crippen molar-refractivity contribution in [2.24, 2.45) is 0 Å². The second kappa shape index (κ2) is 6.46. The van der Waals surface area contributed by atoms with Crippen LogP contribution in [-0.2, 0) is 14.0 Å². The fourth-order valence-electron chi connectivity index (χ4n) is 1.29. The summed E-state index contributed by atoms with van der Waals surface area (Å²) in [5, 5.41) is 11.6. The maximum atomic E-state index is 11.6. The molecule has 0 spiro atoms. The average molecular weight is 280 g/mol. The van der Waals surface area contributed by atoms with Crippen LogP contribution in [0.5, 0.6) is 0 Å². The molecule has 0 aromatic heterocycles. The van der Waals surface area contributed by atoms with Crippen LogP contribution in [0.3, 0.4) is 0 Å². The molecule has 97 valence electrons. The van der Waals surface area contributed by atoms with Gasteiger partial charge in [0.25, 0.3) is 0 Å². The van der Waals surface area contributed by atoms with Gasteiger partial charge in [0.05, 0.1) is 5.73 Å². The molecule has 3 nitrogen and oxygen atoms in total. The molecular formula is C10H27O3Si3. The summed E-state index contributed by atoms with van der Waals surface area (Å²) in [7, 11) is -4.05. The molecule has 0 fully saturated rings. The van der Waals surface area contributed by atoms with Crippen LogP contribution < -0.4 is 0 Å². The second-order valence-electron chi connectivity index (χ2n) is 6.16. The summed E-state index contributed by atoms with van der Waals surface area (Å²) in [4.78, 5) is 0. The predicted molar refractivity (Wildman–Crippen MR) is 76.0 cm³/mol. The summed E-state index contributed by atoms with van der Waals surface area (Å²) in [6.45, 7) is 14.8. The Morgan fingerprint density at radius 1 is 1.00 bits per heavy atom. The van der Waals surface area contributed by atoms with E-state index in [9.17, 15) is 5.11 Å². The van der Waals surface area contributed by atoms with E-state index in [1.54, 1.807) is 0 Å². The Hall–Kier alpha value is 0.531. The summed E-state index contributed by atoms with van der Waals surface area (Å²) in [6, 6.07) is 0. The van der Waals surface area contributed by atoms with Crippen LogP contribution in [0, 0.1) is 0 Å². The van der Waals surface area contributed by atoms with Crippen LogP contribution >= 0.6 is 0 Å². The van der Waals surface area contributed by atoms with Gasteiger partial charge in [-0.15, -0.1) is 0 Å². The highest BCUT2D eigenvalue weighted by Gasteiger charge is 2.28. The van der Waals surface area contributed by atoms with Gasteiger partial charge >= 0.3 is 0 Å². The number of hydrogen-bond donors (Lipinski definition) is 0. The lowest BCUT2D eigenvalue weighted by Crippen LogP contribution is -2.45. The number of rotatable bonds is 7. The lowest BCUT2D eigenvalue weighted by atomic mass is 10.5. The van der Waals surface area contributed by atoms with Gasteiger partial charge in [-0.05, 0) is 45.7 Å². The molecular weight excluding hydrogens is 252 g/mol. The minimum Gasteiger partial charge on any atom is -0.397 e. The van der Waals surface area contributed by atoms with Gasteiger partial charge in [0.15, 0.2) is 16.6 Å². The molecule has 0 aromatic rings. The first-order valence-electron chi connectivity index (χ1n) is 6.05. The van der Waals surface area contributed by atoms with Crippen LogP contribution in [0.25, 0.3) is 0 Å². The molecule has 1 atom stereocenters. The Morgan fingerprint density at radius 2 is 1.38 bits per heavy atom. The zero-order chi connectivity index (χ0) is 13.0. The van der Waals surface area contributed by atoms with E-state index >= 15 is 0 Å². The van der Waals surface area contributed by atoms with Crippen molar-refractivity contribution in [2.45, 2.75) is 64.3 Å². The molecule has 0 aromatic carbocycles. The highest BCUT2D eigenvalue weighted by Crippen LogP contribution is 2.14. The van der Waals surface area contributed by atoms with Crippen LogP contribution in [0.4, 0.5) is 0 Å². The van der Waals surface area contributed by atoms with E-state index in [0.29, 0.717) is 6.42 Å². The zero-order valence-electron chi connectivity index (χ0n) is 11.8. The van der Waals surface area contributed by atoms with Gasteiger partial charge in [0, 0.05) is 0 Å². The molecule has 0 heterocycles. The summed E-state index contributed by atoms with van der Waals surface area (Å²) in [5.74, 6) is -0.152. The van der Waals surface area contributed by atoms with Gasteiger partial charge < -0.3 is 8.85 Å². The molecule has 0 saturated carbocycles. The van der Waals surface area contributed by atoms with Gasteiger partial charge in [-0.25, -0.2) is 5.11 Å². The molecule has 6 heteroatoms. The summed E-state index contributed by atoms with van der Waals surface area (Å²) in [5.41, 5.74) is -0.433. The minimum absolute atomic E-state index is 0.152. The molecule has 0 amide bonds. The first-order chi connectivity index (χ1) is 7.03. The first-order valence-corrected chi connectivity index (χ1v) is 14.5. The van der Waals surface area contributed by atoms with Crippen molar-refractivity contribution < 1.29 is 14.0 Å². The SMILES string of the molecule is CCC([O])[SiH2]C(O[Si](C)(C)C)O[Si](C)(C)C. The second-order valence-corrected chi connectivity index (χ2v) is 17.1. The maximum absolute atomic E-state index is 11.6. The topological polar surface area (TPSA) is 38.4 Å². The standard InChI is InChI=1S/C10H27O3Si3/c1-8-9(11)14-10(12-15(2,3)4)13-16(5,6)7/h9-10H,8,14H2,1-7H3. The molecule has 0 aliphatic carbocycles. The van der Waals surface area contributed by atoms with Crippen molar-refractivity contribution in [3.05, 3.63) is 0 Å². The van der Waals surface area contributed by atoms with E-state index in [2.05, 4.69) is 39.3 Å². The molecule has 0 saturated heterocycles. The van der Waals surface area contributed by atoms with Crippen molar-refractivity contribution in [1.82, 2.24) is 0 Å². The van der Waals surface area contributed by atoms with Crippen molar-refractivity contribution >= 4 is 26.2 Å².